The Morgan fingerprint density at radius 1 is 1.00 bits per heavy atom. The molecule has 0 spiro atoms. The number of aromatic carboxylic acids is 1. The Kier molecular flexibility index (Phi) is 5.22. The van der Waals surface area contributed by atoms with Gasteiger partial charge in [-0.1, -0.05) is 48.0 Å². The fraction of sp³-hybridized carbons (Fsp3) is 0.250. The molecule has 23 heavy (non-hydrogen) atoms. The summed E-state index contributed by atoms with van der Waals surface area (Å²) in [4.78, 5) is 13.6. The molecule has 0 fully saturated rings. The van der Waals surface area contributed by atoms with E-state index in [1.165, 1.54) is 16.8 Å². The van der Waals surface area contributed by atoms with Crippen molar-refractivity contribution < 1.29 is 9.90 Å². The van der Waals surface area contributed by atoms with E-state index in [4.69, 9.17) is 0 Å². The van der Waals surface area contributed by atoms with Gasteiger partial charge in [-0.05, 0) is 43.5 Å². The lowest BCUT2D eigenvalue weighted by Gasteiger charge is -2.21. The molecule has 0 aromatic heterocycles. The molecule has 0 aliphatic rings. The molecular formula is C20H23NO2. The van der Waals surface area contributed by atoms with E-state index >= 15 is 0 Å². The minimum Gasteiger partial charge on any atom is -0.478 e. The molecule has 0 heterocycles. The Hall–Kier alpha value is -2.55. The fourth-order valence-electron chi connectivity index (χ4n) is 2.49. The van der Waals surface area contributed by atoms with E-state index in [-0.39, 0.29) is 0 Å². The van der Waals surface area contributed by atoms with Crippen LogP contribution in [0.1, 0.15) is 36.7 Å². The predicted molar refractivity (Wildman–Crippen MR) is 94.4 cm³/mol. The maximum atomic E-state index is 11.3. The van der Waals surface area contributed by atoms with Gasteiger partial charge in [0, 0.05) is 19.3 Å². The van der Waals surface area contributed by atoms with Gasteiger partial charge in [-0.2, -0.15) is 0 Å². The van der Waals surface area contributed by atoms with Crippen molar-refractivity contribution in [1.29, 1.82) is 0 Å². The number of hydrogen-bond donors (Lipinski definition) is 1. The van der Waals surface area contributed by atoms with Gasteiger partial charge in [0.1, 0.15) is 0 Å². The highest BCUT2D eigenvalue weighted by molar-refractivity contribution is 5.95. The van der Waals surface area contributed by atoms with Crippen molar-refractivity contribution in [3.63, 3.8) is 0 Å². The van der Waals surface area contributed by atoms with Crippen LogP contribution in [0, 0.1) is 0 Å². The van der Waals surface area contributed by atoms with Gasteiger partial charge in [0.15, 0.2) is 0 Å². The highest BCUT2D eigenvalue weighted by atomic mass is 16.4. The molecular weight excluding hydrogens is 286 g/mol. The van der Waals surface area contributed by atoms with E-state index < -0.39 is 5.97 Å². The number of rotatable bonds is 5. The second kappa shape index (κ2) is 7.14. The number of nitrogens with zero attached hydrogens (tertiary/aromatic N) is 1. The van der Waals surface area contributed by atoms with E-state index in [1.807, 2.05) is 24.3 Å². The molecule has 0 unspecified atom stereocenters. The Labute approximate surface area is 137 Å². The van der Waals surface area contributed by atoms with E-state index in [0.29, 0.717) is 5.56 Å². The van der Waals surface area contributed by atoms with Crippen molar-refractivity contribution in [3.05, 3.63) is 70.9 Å². The molecule has 3 heteroatoms. The summed E-state index contributed by atoms with van der Waals surface area (Å²) in [6.45, 7) is 7.17. The Bertz CT molecular complexity index is 726. The van der Waals surface area contributed by atoms with Gasteiger partial charge in [0.25, 0.3) is 0 Å². The summed E-state index contributed by atoms with van der Waals surface area (Å²) in [6, 6.07) is 15.2. The highest BCUT2D eigenvalue weighted by Crippen LogP contribution is 2.24. The molecule has 0 bridgehead atoms. The topological polar surface area (TPSA) is 40.5 Å². The molecule has 2 aromatic rings. The molecule has 0 atom stereocenters. The lowest BCUT2D eigenvalue weighted by molar-refractivity contribution is 0.0697. The van der Waals surface area contributed by atoms with Crippen LogP contribution in [0.2, 0.25) is 0 Å². The van der Waals surface area contributed by atoms with Crippen LogP contribution in [0.3, 0.4) is 0 Å². The zero-order chi connectivity index (χ0) is 17.0. The third kappa shape index (κ3) is 4.01. The van der Waals surface area contributed by atoms with E-state index in [2.05, 4.69) is 44.9 Å². The predicted octanol–water partition coefficient (Wildman–Crippen LogP) is 4.80. The normalized spacial score (nSPS) is 10.3. The van der Waals surface area contributed by atoms with Crippen molar-refractivity contribution in [1.82, 2.24) is 4.90 Å². The van der Waals surface area contributed by atoms with Crippen LogP contribution in [-0.4, -0.2) is 23.0 Å². The van der Waals surface area contributed by atoms with Crippen LogP contribution in [0.25, 0.3) is 11.1 Å². The molecule has 120 valence electrons. The summed E-state index contributed by atoms with van der Waals surface area (Å²) in [5, 5.41) is 9.30. The van der Waals surface area contributed by atoms with E-state index in [9.17, 15) is 9.90 Å². The molecule has 3 nitrogen and oxygen atoms in total. The van der Waals surface area contributed by atoms with Crippen LogP contribution >= 0.6 is 0 Å². The summed E-state index contributed by atoms with van der Waals surface area (Å²) >= 11 is 0. The summed E-state index contributed by atoms with van der Waals surface area (Å²) in [5.41, 5.74) is 5.78. The van der Waals surface area contributed by atoms with Gasteiger partial charge in [-0.3, -0.25) is 0 Å². The maximum absolute atomic E-state index is 11.3. The minimum absolute atomic E-state index is 0.331. The summed E-state index contributed by atoms with van der Waals surface area (Å²) < 4.78 is 0. The maximum Gasteiger partial charge on any atom is 0.336 e. The molecule has 0 aliphatic heterocycles. The van der Waals surface area contributed by atoms with Gasteiger partial charge >= 0.3 is 5.97 Å². The van der Waals surface area contributed by atoms with Crippen LogP contribution in [-0.2, 0) is 6.54 Å². The largest absolute Gasteiger partial charge is 0.478 e. The number of carbonyl (C=O) groups is 1. The van der Waals surface area contributed by atoms with Gasteiger partial charge < -0.3 is 10.0 Å². The first-order valence-electron chi connectivity index (χ1n) is 7.67. The average Bonchev–Trinajstić information content (AvgIpc) is 2.54. The van der Waals surface area contributed by atoms with Crippen LogP contribution in [0.4, 0.5) is 0 Å². The lowest BCUT2D eigenvalue weighted by Crippen LogP contribution is -2.16. The highest BCUT2D eigenvalue weighted by Gasteiger charge is 2.10. The molecule has 0 saturated heterocycles. The Morgan fingerprint density at radius 2 is 1.61 bits per heavy atom. The number of carboxylic acids is 1. The van der Waals surface area contributed by atoms with E-state index in [0.717, 1.165) is 17.7 Å². The number of allylic oxidation sites excluding steroid dienone is 2. The monoisotopic (exact) mass is 309 g/mol. The van der Waals surface area contributed by atoms with Crippen molar-refractivity contribution in [2.45, 2.75) is 27.3 Å². The smallest absolute Gasteiger partial charge is 0.336 e. The van der Waals surface area contributed by atoms with Gasteiger partial charge in [0.2, 0.25) is 0 Å². The van der Waals surface area contributed by atoms with Gasteiger partial charge in [0.05, 0.1) is 5.56 Å². The minimum atomic E-state index is -0.899. The van der Waals surface area contributed by atoms with Crippen LogP contribution in [0.5, 0.6) is 0 Å². The number of carboxylic acid groups (broad SMARTS) is 1. The SMILES string of the molecule is CC(C)=C(C)N(C)Cc1ccc(-c2ccccc2C(=O)O)cc1. The van der Waals surface area contributed by atoms with Crippen LogP contribution < -0.4 is 0 Å². The first kappa shape index (κ1) is 16.8. The van der Waals surface area contributed by atoms with Crippen molar-refractivity contribution in [2.24, 2.45) is 0 Å². The third-order valence-electron chi connectivity index (χ3n) is 4.14. The second-order valence-electron chi connectivity index (χ2n) is 5.99. The molecule has 2 rings (SSSR count). The fourth-order valence-corrected chi connectivity index (χ4v) is 2.49. The number of hydrogen-bond acceptors (Lipinski definition) is 2. The van der Waals surface area contributed by atoms with Crippen molar-refractivity contribution in [2.75, 3.05) is 7.05 Å². The molecule has 1 N–H and O–H groups in total. The first-order valence-corrected chi connectivity index (χ1v) is 7.67. The Morgan fingerprint density at radius 3 is 2.17 bits per heavy atom. The second-order valence-corrected chi connectivity index (χ2v) is 5.99. The Balaban J connectivity index is 2.24. The standard InChI is InChI=1S/C20H23NO2/c1-14(2)15(3)21(4)13-16-9-11-17(12-10-16)18-7-5-6-8-19(18)20(22)23/h5-12H,13H2,1-4H3,(H,22,23). The van der Waals surface area contributed by atoms with Gasteiger partial charge in [-0.15, -0.1) is 0 Å². The van der Waals surface area contributed by atoms with E-state index in [1.54, 1.807) is 12.1 Å². The first-order chi connectivity index (χ1) is 10.9. The summed E-state index contributed by atoms with van der Waals surface area (Å²) in [7, 11) is 2.08. The quantitative estimate of drug-likeness (QED) is 0.862. The summed E-state index contributed by atoms with van der Waals surface area (Å²) in [6.07, 6.45) is 0. The van der Waals surface area contributed by atoms with Crippen LogP contribution in [0.15, 0.2) is 59.8 Å². The molecule has 0 amide bonds. The zero-order valence-electron chi connectivity index (χ0n) is 14.1. The summed E-state index contributed by atoms with van der Waals surface area (Å²) in [5.74, 6) is -0.899. The molecule has 2 aromatic carbocycles. The van der Waals surface area contributed by atoms with Crippen molar-refractivity contribution >= 4 is 5.97 Å². The zero-order valence-corrected chi connectivity index (χ0v) is 14.1. The average molecular weight is 309 g/mol. The molecule has 0 aliphatic carbocycles. The molecule has 0 radical (unpaired) electrons. The third-order valence-corrected chi connectivity index (χ3v) is 4.14. The number of benzene rings is 2. The van der Waals surface area contributed by atoms with Crippen molar-refractivity contribution in [3.8, 4) is 11.1 Å². The van der Waals surface area contributed by atoms with Gasteiger partial charge in [-0.25, -0.2) is 4.79 Å². The lowest BCUT2D eigenvalue weighted by atomic mass is 9.98. The molecule has 0 saturated carbocycles.